The van der Waals surface area contributed by atoms with Crippen LogP contribution in [0.15, 0.2) is 78.2 Å². The number of carbonyl (C=O) groups excluding carboxylic acids is 1. The van der Waals surface area contributed by atoms with Crippen molar-refractivity contribution in [2.45, 2.75) is 6.54 Å². The molecule has 1 aliphatic heterocycles. The van der Waals surface area contributed by atoms with Gasteiger partial charge in [0.05, 0.1) is 0 Å². The summed E-state index contributed by atoms with van der Waals surface area (Å²) in [6, 6.07) is 22.7. The van der Waals surface area contributed by atoms with Crippen LogP contribution in [0.25, 0.3) is 6.08 Å². The Balaban J connectivity index is 1.27. The largest absolute Gasteiger partial charge is 0.369 e. The second-order valence-electron chi connectivity index (χ2n) is 7.13. The predicted molar refractivity (Wildman–Crippen MR) is 122 cm³/mol. The van der Waals surface area contributed by atoms with E-state index in [2.05, 4.69) is 57.6 Å². The Kier molecular flexibility index (Phi) is 6.39. The zero-order valence-corrected chi connectivity index (χ0v) is 17.1. The molecule has 1 fully saturated rings. The third kappa shape index (κ3) is 5.56. The van der Waals surface area contributed by atoms with Crippen LogP contribution in [0.4, 0.5) is 11.4 Å². The van der Waals surface area contributed by atoms with E-state index in [0.29, 0.717) is 0 Å². The average Bonchev–Trinajstić information content (AvgIpc) is 3.28. The minimum atomic E-state index is -0.110. The van der Waals surface area contributed by atoms with E-state index in [9.17, 15) is 4.79 Å². The van der Waals surface area contributed by atoms with Crippen molar-refractivity contribution in [1.82, 2.24) is 4.90 Å². The van der Waals surface area contributed by atoms with Crippen LogP contribution in [-0.4, -0.2) is 37.0 Å². The quantitative estimate of drug-likeness (QED) is 0.605. The molecule has 0 aliphatic carbocycles. The fraction of sp³-hybridized carbons (Fsp3) is 0.208. The van der Waals surface area contributed by atoms with E-state index < -0.39 is 0 Å². The first kappa shape index (κ1) is 19.4. The van der Waals surface area contributed by atoms with Crippen molar-refractivity contribution in [2.24, 2.45) is 0 Å². The van der Waals surface area contributed by atoms with Crippen molar-refractivity contribution in [3.8, 4) is 0 Å². The highest BCUT2D eigenvalue weighted by molar-refractivity contribution is 7.10. The van der Waals surface area contributed by atoms with Gasteiger partial charge in [-0.05, 0) is 47.4 Å². The topological polar surface area (TPSA) is 35.6 Å². The highest BCUT2D eigenvalue weighted by Gasteiger charge is 2.17. The second kappa shape index (κ2) is 9.54. The average molecular weight is 404 g/mol. The van der Waals surface area contributed by atoms with Crippen molar-refractivity contribution < 1.29 is 4.79 Å². The summed E-state index contributed by atoms with van der Waals surface area (Å²) in [6.45, 7) is 5.16. The molecule has 1 saturated heterocycles. The van der Waals surface area contributed by atoms with Crippen molar-refractivity contribution >= 4 is 34.7 Å². The maximum Gasteiger partial charge on any atom is 0.248 e. The van der Waals surface area contributed by atoms with Crippen LogP contribution in [0.5, 0.6) is 0 Å². The van der Waals surface area contributed by atoms with Gasteiger partial charge in [0.15, 0.2) is 0 Å². The van der Waals surface area contributed by atoms with Gasteiger partial charge >= 0.3 is 0 Å². The Hall–Kier alpha value is -2.89. The fourth-order valence-corrected chi connectivity index (χ4v) is 4.11. The molecule has 0 radical (unpaired) electrons. The molecule has 0 atom stereocenters. The van der Waals surface area contributed by atoms with Crippen LogP contribution < -0.4 is 10.2 Å². The molecule has 1 aromatic heterocycles. The number of hydrogen-bond donors (Lipinski definition) is 1. The van der Waals surface area contributed by atoms with Crippen LogP contribution >= 0.6 is 11.3 Å². The van der Waals surface area contributed by atoms with Crippen LogP contribution in [0.2, 0.25) is 0 Å². The minimum absolute atomic E-state index is 0.110. The summed E-state index contributed by atoms with van der Waals surface area (Å²) in [5.41, 5.74) is 3.39. The van der Waals surface area contributed by atoms with Crippen LogP contribution in [0.1, 0.15) is 10.4 Å². The lowest BCUT2D eigenvalue weighted by Gasteiger charge is -2.36. The Bertz CT molecular complexity index is 928. The maximum absolute atomic E-state index is 12.1. The highest BCUT2D eigenvalue weighted by atomic mass is 32.1. The first-order valence-corrected chi connectivity index (χ1v) is 10.8. The first-order chi connectivity index (χ1) is 14.3. The number of piperazine rings is 1. The molecule has 148 valence electrons. The molecule has 5 heteroatoms. The number of amides is 1. The zero-order valence-electron chi connectivity index (χ0n) is 16.3. The Morgan fingerprint density at radius 3 is 2.38 bits per heavy atom. The van der Waals surface area contributed by atoms with Gasteiger partial charge < -0.3 is 10.2 Å². The molecule has 2 aromatic carbocycles. The van der Waals surface area contributed by atoms with Gasteiger partial charge in [-0.1, -0.05) is 36.4 Å². The summed E-state index contributed by atoms with van der Waals surface area (Å²) >= 11 is 1.61. The summed E-state index contributed by atoms with van der Waals surface area (Å²) in [5, 5.41) is 4.92. The molecule has 4 rings (SSSR count). The number of benzene rings is 2. The smallest absolute Gasteiger partial charge is 0.248 e. The third-order valence-electron chi connectivity index (χ3n) is 5.06. The molecular weight excluding hydrogens is 378 g/mol. The highest BCUT2D eigenvalue weighted by Crippen LogP contribution is 2.20. The number of thiophene rings is 1. The lowest BCUT2D eigenvalue weighted by atomic mass is 10.2. The van der Waals surface area contributed by atoms with Crippen molar-refractivity contribution in [3.63, 3.8) is 0 Å². The second-order valence-corrected chi connectivity index (χ2v) is 8.11. The van der Waals surface area contributed by atoms with Crippen molar-refractivity contribution in [3.05, 3.63) is 88.6 Å². The summed E-state index contributed by atoms with van der Waals surface area (Å²) in [7, 11) is 0. The van der Waals surface area contributed by atoms with E-state index in [4.69, 9.17) is 0 Å². The van der Waals surface area contributed by atoms with Gasteiger partial charge in [-0.3, -0.25) is 9.69 Å². The SMILES string of the molecule is O=C(/C=C/c1cccs1)Nc1ccc(N2CCN(Cc3ccccc3)CC2)cc1. The van der Waals surface area contributed by atoms with Gasteiger partial charge in [0.25, 0.3) is 0 Å². The van der Waals surface area contributed by atoms with Gasteiger partial charge in [0.1, 0.15) is 0 Å². The minimum Gasteiger partial charge on any atom is -0.369 e. The monoisotopic (exact) mass is 403 g/mol. The standard InChI is InChI=1S/C24H25N3OS/c28-24(13-12-23-7-4-18-29-23)25-21-8-10-22(11-9-21)27-16-14-26(15-17-27)19-20-5-2-1-3-6-20/h1-13,18H,14-17,19H2,(H,25,28)/b13-12+. The van der Waals surface area contributed by atoms with Gasteiger partial charge in [-0.2, -0.15) is 0 Å². The molecule has 0 bridgehead atoms. The molecule has 2 heterocycles. The van der Waals surface area contributed by atoms with E-state index in [0.717, 1.165) is 43.3 Å². The number of carbonyl (C=O) groups is 1. The zero-order chi connectivity index (χ0) is 19.9. The van der Waals surface area contributed by atoms with E-state index in [-0.39, 0.29) is 5.91 Å². The third-order valence-corrected chi connectivity index (χ3v) is 5.90. The van der Waals surface area contributed by atoms with Gasteiger partial charge in [0, 0.05) is 55.1 Å². The molecule has 1 amide bonds. The fourth-order valence-electron chi connectivity index (χ4n) is 3.49. The Labute approximate surface area is 176 Å². The number of anilines is 2. The van der Waals surface area contributed by atoms with E-state index in [1.54, 1.807) is 17.4 Å². The van der Waals surface area contributed by atoms with E-state index in [1.807, 2.05) is 35.7 Å². The molecule has 29 heavy (non-hydrogen) atoms. The molecule has 3 aromatic rings. The van der Waals surface area contributed by atoms with E-state index >= 15 is 0 Å². The Morgan fingerprint density at radius 2 is 1.69 bits per heavy atom. The van der Waals surface area contributed by atoms with Crippen LogP contribution in [-0.2, 0) is 11.3 Å². The number of nitrogens with zero attached hydrogens (tertiary/aromatic N) is 2. The normalized spacial score (nSPS) is 15.0. The molecule has 0 saturated carbocycles. The summed E-state index contributed by atoms with van der Waals surface area (Å²) in [5.74, 6) is -0.110. The van der Waals surface area contributed by atoms with Gasteiger partial charge in [-0.15, -0.1) is 11.3 Å². The molecule has 1 N–H and O–H groups in total. The predicted octanol–water partition coefficient (Wildman–Crippen LogP) is 4.72. The van der Waals surface area contributed by atoms with Gasteiger partial charge in [0.2, 0.25) is 5.91 Å². The number of rotatable bonds is 6. The molecule has 0 spiro atoms. The molecular formula is C24H25N3OS. The van der Waals surface area contributed by atoms with Crippen molar-refractivity contribution in [1.29, 1.82) is 0 Å². The molecule has 0 unspecified atom stereocenters. The van der Waals surface area contributed by atoms with Crippen LogP contribution in [0.3, 0.4) is 0 Å². The van der Waals surface area contributed by atoms with Crippen molar-refractivity contribution in [2.75, 3.05) is 36.4 Å². The van der Waals surface area contributed by atoms with Gasteiger partial charge in [-0.25, -0.2) is 0 Å². The Morgan fingerprint density at radius 1 is 0.931 bits per heavy atom. The first-order valence-electron chi connectivity index (χ1n) is 9.90. The van der Waals surface area contributed by atoms with Crippen LogP contribution in [0, 0.1) is 0 Å². The maximum atomic E-state index is 12.1. The summed E-state index contributed by atoms with van der Waals surface area (Å²) < 4.78 is 0. The number of nitrogens with one attached hydrogen (secondary N) is 1. The summed E-state index contributed by atoms with van der Waals surface area (Å²) in [4.78, 5) is 18.0. The molecule has 4 nitrogen and oxygen atoms in total. The lowest BCUT2D eigenvalue weighted by molar-refractivity contribution is -0.111. The molecule has 1 aliphatic rings. The number of hydrogen-bond acceptors (Lipinski definition) is 4. The lowest BCUT2D eigenvalue weighted by Crippen LogP contribution is -2.45. The van der Waals surface area contributed by atoms with E-state index in [1.165, 1.54) is 11.3 Å². The summed E-state index contributed by atoms with van der Waals surface area (Å²) in [6.07, 6.45) is 3.41.